The summed E-state index contributed by atoms with van der Waals surface area (Å²) in [7, 11) is 1.75. The Balaban J connectivity index is 2.21. The Morgan fingerprint density at radius 3 is 2.35 bits per heavy atom. The lowest BCUT2D eigenvalue weighted by molar-refractivity contribution is -0.130. The van der Waals surface area contributed by atoms with E-state index in [1.54, 1.807) is 29.9 Å². The molecule has 0 spiro atoms. The standard InChI is InChI=1S/C21H34N6O4/c1-12(2)9-15(18(22)28)25-19(29)17-10-14(24-21(31)23-13(3)4)11-27(17)20(30)16-7-6-8-26(16)5/h6-8,12-15,17H,9-11H2,1-5H3,(H2,22,28)(H,25,29)(H2,23,24,31). The van der Waals surface area contributed by atoms with Gasteiger partial charge in [-0.2, -0.15) is 0 Å². The number of primary amides is 1. The van der Waals surface area contributed by atoms with Crippen LogP contribution in [0, 0.1) is 5.92 Å². The van der Waals surface area contributed by atoms with Crippen molar-refractivity contribution in [3.05, 3.63) is 24.0 Å². The number of likely N-dealkylation sites (tertiary alicyclic amines) is 1. The predicted molar refractivity (Wildman–Crippen MR) is 116 cm³/mol. The van der Waals surface area contributed by atoms with Gasteiger partial charge in [0, 0.05) is 25.8 Å². The molecule has 0 bridgehead atoms. The minimum atomic E-state index is -0.833. The lowest BCUT2D eigenvalue weighted by Gasteiger charge is -2.26. The summed E-state index contributed by atoms with van der Waals surface area (Å²) < 4.78 is 1.68. The number of hydrogen-bond acceptors (Lipinski definition) is 4. The summed E-state index contributed by atoms with van der Waals surface area (Å²) in [5.41, 5.74) is 5.89. The zero-order chi connectivity index (χ0) is 23.3. The van der Waals surface area contributed by atoms with E-state index in [0.717, 1.165) is 0 Å². The quantitative estimate of drug-likeness (QED) is 0.468. The summed E-state index contributed by atoms with van der Waals surface area (Å²) in [6, 6.07) is 0.952. The van der Waals surface area contributed by atoms with Crippen LogP contribution < -0.4 is 21.7 Å². The minimum absolute atomic E-state index is 0.0473. The third-order valence-electron chi connectivity index (χ3n) is 5.15. The van der Waals surface area contributed by atoms with Gasteiger partial charge >= 0.3 is 6.03 Å². The van der Waals surface area contributed by atoms with Crippen molar-refractivity contribution in [2.75, 3.05) is 6.54 Å². The molecule has 1 fully saturated rings. The topological polar surface area (TPSA) is 139 Å². The molecule has 3 unspecified atom stereocenters. The molecule has 2 heterocycles. The highest BCUT2D eigenvalue weighted by Crippen LogP contribution is 2.22. The summed E-state index contributed by atoms with van der Waals surface area (Å²) in [6.45, 7) is 7.72. The van der Waals surface area contributed by atoms with Crippen molar-refractivity contribution >= 4 is 23.8 Å². The number of aryl methyl sites for hydroxylation is 1. The Labute approximate surface area is 182 Å². The number of carbonyl (C=O) groups is 4. The fraction of sp³-hybridized carbons (Fsp3) is 0.619. The van der Waals surface area contributed by atoms with Crippen molar-refractivity contribution in [1.29, 1.82) is 0 Å². The molecule has 1 saturated heterocycles. The molecule has 5 N–H and O–H groups in total. The highest BCUT2D eigenvalue weighted by Gasteiger charge is 2.41. The van der Waals surface area contributed by atoms with E-state index in [0.29, 0.717) is 12.1 Å². The molecule has 0 aliphatic carbocycles. The van der Waals surface area contributed by atoms with Gasteiger partial charge in [0.25, 0.3) is 5.91 Å². The summed E-state index contributed by atoms with van der Waals surface area (Å²) in [6.07, 6.45) is 2.38. The number of nitrogens with one attached hydrogen (secondary N) is 3. The smallest absolute Gasteiger partial charge is 0.315 e. The van der Waals surface area contributed by atoms with Gasteiger partial charge < -0.3 is 31.2 Å². The number of carbonyl (C=O) groups excluding carboxylic acids is 4. The van der Waals surface area contributed by atoms with Crippen molar-refractivity contribution < 1.29 is 19.2 Å². The highest BCUT2D eigenvalue weighted by molar-refractivity contribution is 5.98. The second-order valence-corrected chi connectivity index (χ2v) is 8.78. The zero-order valence-corrected chi connectivity index (χ0v) is 18.8. The molecule has 1 aliphatic rings. The first-order chi connectivity index (χ1) is 14.5. The van der Waals surface area contributed by atoms with Crippen molar-refractivity contribution in [2.24, 2.45) is 18.7 Å². The lowest BCUT2D eigenvalue weighted by Crippen LogP contribution is -2.52. The molecule has 1 aromatic heterocycles. The molecule has 172 valence electrons. The first kappa shape index (κ1) is 24.2. The van der Waals surface area contributed by atoms with Crippen molar-refractivity contribution in [1.82, 2.24) is 25.4 Å². The zero-order valence-electron chi connectivity index (χ0n) is 18.8. The lowest BCUT2D eigenvalue weighted by atomic mass is 10.0. The molecule has 5 amide bonds. The number of amides is 5. The molecule has 0 aromatic carbocycles. The molecule has 31 heavy (non-hydrogen) atoms. The number of rotatable bonds is 8. The molecule has 1 aromatic rings. The predicted octanol–water partition coefficient (Wildman–Crippen LogP) is 0.332. The van der Waals surface area contributed by atoms with Crippen LogP contribution in [0.2, 0.25) is 0 Å². The van der Waals surface area contributed by atoms with Gasteiger partial charge in [0.15, 0.2) is 0 Å². The number of nitrogens with two attached hydrogens (primary N) is 1. The van der Waals surface area contributed by atoms with Crippen LogP contribution in [0.4, 0.5) is 4.79 Å². The van der Waals surface area contributed by atoms with E-state index >= 15 is 0 Å². The van der Waals surface area contributed by atoms with Gasteiger partial charge in [0.2, 0.25) is 11.8 Å². The molecule has 3 atom stereocenters. The minimum Gasteiger partial charge on any atom is -0.368 e. The maximum atomic E-state index is 13.2. The van der Waals surface area contributed by atoms with Crippen LogP contribution in [0.1, 0.15) is 51.0 Å². The second-order valence-electron chi connectivity index (χ2n) is 8.78. The fourth-order valence-electron chi connectivity index (χ4n) is 3.72. The maximum absolute atomic E-state index is 13.2. The van der Waals surface area contributed by atoms with E-state index in [9.17, 15) is 19.2 Å². The van der Waals surface area contributed by atoms with Crippen molar-refractivity contribution in [2.45, 2.75) is 64.7 Å². The van der Waals surface area contributed by atoms with Crippen LogP contribution in [0.15, 0.2) is 18.3 Å². The molecular weight excluding hydrogens is 400 g/mol. The summed E-state index contributed by atoms with van der Waals surface area (Å²) in [4.78, 5) is 51.6. The van der Waals surface area contributed by atoms with Crippen molar-refractivity contribution in [3.63, 3.8) is 0 Å². The Bertz CT molecular complexity index is 819. The van der Waals surface area contributed by atoms with Gasteiger partial charge in [-0.05, 0) is 44.7 Å². The van der Waals surface area contributed by atoms with Gasteiger partial charge in [-0.3, -0.25) is 14.4 Å². The third-order valence-corrected chi connectivity index (χ3v) is 5.15. The van der Waals surface area contributed by atoms with Gasteiger partial charge in [0.05, 0.1) is 6.04 Å². The number of urea groups is 1. The van der Waals surface area contributed by atoms with Gasteiger partial charge in [0.1, 0.15) is 17.8 Å². The summed E-state index contributed by atoms with van der Waals surface area (Å²) in [5, 5.41) is 8.27. The van der Waals surface area contributed by atoms with Crippen molar-refractivity contribution in [3.8, 4) is 0 Å². The first-order valence-electron chi connectivity index (χ1n) is 10.6. The average molecular weight is 435 g/mol. The molecular formula is C21H34N6O4. The first-order valence-corrected chi connectivity index (χ1v) is 10.6. The molecule has 0 radical (unpaired) electrons. The SMILES string of the molecule is CC(C)CC(NC(=O)C1CC(NC(=O)NC(C)C)CN1C(=O)c1cccn1C)C(N)=O. The van der Waals surface area contributed by atoms with E-state index < -0.39 is 29.9 Å². The van der Waals surface area contributed by atoms with Crippen LogP contribution in [-0.2, 0) is 16.6 Å². The fourth-order valence-corrected chi connectivity index (χ4v) is 3.72. The average Bonchev–Trinajstić information content (AvgIpc) is 3.25. The Morgan fingerprint density at radius 1 is 1.16 bits per heavy atom. The Hall–Kier alpha value is -3.04. The van der Waals surface area contributed by atoms with Gasteiger partial charge in [-0.1, -0.05) is 13.8 Å². The van der Waals surface area contributed by atoms with Crippen LogP contribution in [0.25, 0.3) is 0 Å². The summed E-state index contributed by atoms with van der Waals surface area (Å²) in [5.74, 6) is -1.25. The molecule has 1 aliphatic heterocycles. The number of nitrogens with zero attached hydrogens (tertiary/aromatic N) is 2. The van der Waals surface area contributed by atoms with E-state index in [4.69, 9.17) is 5.73 Å². The normalized spacial score (nSPS) is 19.4. The Kier molecular flexibility index (Phi) is 8.07. The largest absolute Gasteiger partial charge is 0.368 e. The monoisotopic (exact) mass is 434 g/mol. The maximum Gasteiger partial charge on any atom is 0.315 e. The van der Waals surface area contributed by atoms with Crippen LogP contribution in [0.3, 0.4) is 0 Å². The third kappa shape index (κ3) is 6.47. The number of hydrogen-bond donors (Lipinski definition) is 4. The van der Waals surface area contributed by atoms with E-state index in [1.165, 1.54) is 4.90 Å². The molecule has 10 nitrogen and oxygen atoms in total. The molecule has 10 heteroatoms. The van der Waals surface area contributed by atoms with Gasteiger partial charge in [-0.25, -0.2) is 4.79 Å². The Morgan fingerprint density at radius 2 is 1.84 bits per heavy atom. The molecule has 2 rings (SSSR count). The van der Waals surface area contributed by atoms with Gasteiger partial charge in [-0.15, -0.1) is 0 Å². The second kappa shape index (κ2) is 10.3. The van der Waals surface area contributed by atoms with E-state index in [2.05, 4.69) is 16.0 Å². The van der Waals surface area contributed by atoms with E-state index in [1.807, 2.05) is 27.7 Å². The van der Waals surface area contributed by atoms with Crippen LogP contribution in [0.5, 0.6) is 0 Å². The highest BCUT2D eigenvalue weighted by atomic mass is 16.2. The summed E-state index contributed by atoms with van der Waals surface area (Å²) >= 11 is 0. The molecule has 0 saturated carbocycles. The van der Waals surface area contributed by atoms with E-state index in [-0.39, 0.29) is 36.9 Å². The van der Waals surface area contributed by atoms with Crippen LogP contribution in [-0.4, -0.2) is 63.9 Å². The number of aromatic nitrogens is 1. The van der Waals surface area contributed by atoms with Crippen LogP contribution >= 0.6 is 0 Å².